The Hall–Kier alpha value is -2.57. The van der Waals surface area contributed by atoms with Crippen molar-refractivity contribution in [2.45, 2.75) is 57.0 Å². The van der Waals surface area contributed by atoms with E-state index in [9.17, 15) is 14.4 Å². The van der Waals surface area contributed by atoms with Crippen molar-refractivity contribution in [2.24, 2.45) is 5.92 Å². The fourth-order valence-corrected chi connectivity index (χ4v) is 4.76. The molecule has 0 unspecified atom stereocenters. The third-order valence-corrected chi connectivity index (χ3v) is 6.85. The van der Waals surface area contributed by atoms with Gasteiger partial charge in [-0.05, 0) is 31.2 Å². The standard InChI is InChI=1S/C23H32N4O3/c28-20(19-9-6-10-19)26-13-15-27(16-14-26)21(29)23(11-4-5-12-23)25-22(30)24-17-18-7-2-1-3-8-18/h1-3,7-8,19H,4-6,9-17H2,(H2,24,25,30). The summed E-state index contributed by atoms with van der Waals surface area (Å²) < 4.78 is 0. The van der Waals surface area contributed by atoms with E-state index in [1.165, 1.54) is 0 Å². The lowest BCUT2D eigenvalue weighted by Crippen LogP contribution is -2.63. The zero-order chi connectivity index (χ0) is 21.0. The highest BCUT2D eigenvalue weighted by molar-refractivity contribution is 5.91. The van der Waals surface area contributed by atoms with Gasteiger partial charge in [0.2, 0.25) is 11.8 Å². The Morgan fingerprint density at radius 1 is 0.900 bits per heavy atom. The van der Waals surface area contributed by atoms with Crippen molar-refractivity contribution in [1.29, 1.82) is 0 Å². The number of amides is 4. The molecular formula is C23H32N4O3. The lowest BCUT2D eigenvalue weighted by atomic mass is 9.84. The zero-order valence-electron chi connectivity index (χ0n) is 17.6. The number of nitrogens with zero attached hydrogens (tertiary/aromatic N) is 2. The first kappa shape index (κ1) is 20.7. The molecule has 2 saturated carbocycles. The van der Waals surface area contributed by atoms with Gasteiger partial charge in [0.15, 0.2) is 0 Å². The fraction of sp³-hybridized carbons (Fsp3) is 0.609. The number of benzene rings is 1. The lowest BCUT2D eigenvalue weighted by molar-refractivity contribution is -0.146. The first-order valence-electron chi connectivity index (χ1n) is 11.3. The van der Waals surface area contributed by atoms with Crippen LogP contribution in [0.5, 0.6) is 0 Å². The van der Waals surface area contributed by atoms with Crippen molar-refractivity contribution in [2.75, 3.05) is 26.2 Å². The summed E-state index contributed by atoms with van der Waals surface area (Å²) in [5, 5.41) is 5.89. The predicted octanol–water partition coefficient (Wildman–Crippen LogP) is 2.27. The minimum absolute atomic E-state index is 0.00519. The van der Waals surface area contributed by atoms with Crippen molar-refractivity contribution in [3.63, 3.8) is 0 Å². The van der Waals surface area contributed by atoms with Crippen molar-refractivity contribution in [3.05, 3.63) is 35.9 Å². The van der Waals surface area contributed by atoms with Gasteiger partial charge in [0.25, 0.3) is 0 Å². The minimum atomic E-state index is -0.819. The summed E-state index contributed by atoms with van der Waals surface area (Å²) in [6, 6.07) is 9.43. The Morgan fingerprint density at radius 2 is 1.53 bits per heavy atom. The molecule has 2 N–H and O–H groups in total. The molecule has 2 aliphatic carbocycles. The molecule has 30 heavy (non-hydrogen) atoms. The molecule has 3 aliphatic rings. The minimum Gasteiger partial charge on any atom is -0.339 e. The third-order valence-electron chi connectivity index (χ3n) is 6.85. The van der Waals surface area contributed by atoms with Gasteiger partial charge in [-0.25, -0.2) is 4.79 Å². The Bertz CT molecular complexity index is 764. The second kappa shape index (κ2) is 9.06. The number of nitrogens with one attached hydrogen (secondary N) is 2. The maximum Gasteiger partial charge on any atom is 0.315 e. The van der Waals surface area contributed by atoms with Crippen LogP contribution in [0, 0.1) is 5.92 Å². The summed E-state index contributed by atoms with van der Waals surface area (Å²) >= 11 is 0. The first-order chi connectivity index (χ1) is 14.6. The van der Waals surface area contributed by atoms with E-state index in [-0.39, 0.29) is 23.8 Å². The van der Waals surface area contributed by atoms with Gasteiger partial charge in [0.1, 0.15) is 5.54 Å². The van der Waals surface area contributed by atoms with Crippen LogP contribution in [0.3, 0.4) is 0 Å². The van der Waals surface area contributed by atoms with Crippen molar-refractivity contribution < 1.29 is 14.4 Å². The number of urea groups is 1. The van der Waals surface area contributed by atoms with E-state index in [1.54, 1.807) is 0 Å². The van der Waals surface area contributed by atoms with Crippen LogP contribution in [0.15, 0.2) is 30.3 Å². The van der Waals surface area contributed by atoms with Crippen molar-refractivity contribution in [3.8, 4) is 0 Å². The Kier molecular flexibility index (Phi) is 6.25. The molecule has 0 atom stereocenters. The molecule has 1 saturated heterocycles. The summed E-state index contributed by atoms with van der Waals surface area (Å²) in [5.41, 5.74) is 0.202. The lowest BCUT2D eigenvalue weighted by Gasteiger charge is -2.41. The van der Waals surface area contributed by atoms with Crippen molar-refractivity contribution >= 4 is 17.8 Å². The number of carbonyl (C=O) groups excluding carboxylic acids is 3. The molecule has 0 spiro atoms. The summed E-state index contributed by atoms with van der Waals surface area (Å²) in [6.07, 6.45) is 6.37. The molecule has 4 rings (SSSR count). The molecule has 1 aliphatic heterocycles. The van der Waals surface area contributed by atoms with E-state index in [0.717, 1.165) is 37.7 Å². The second-order valence-corrected chi connectivity index (χ2v) is 8.83. The molecule has 1 aromatic carbocycles. The second-order valence-electron chi connectivity index (χ2n) is 8.83. The summed E-state index contributed by atoms with van der Waals surface area (Å²) in [7, 11) is 0. The molecular weight excluding hydrogens is 380 g/mol. The molecule has 0 bridgehead atoms. The normalized spacial score (nSPS) is 21.1. The highest BCUT2D eigenvalue weighted by Gasteiger charge is 2.45. The SMILES string of the molecule is O=C(NCc1ccccc1)NC1(C(=O)N2CCN(C(=O)C3CCC3)CC2)CCCC1. The number of hydrogen-bond donors (Lipinski definition) is 2. The predicted molar refractivity (Wildman–Crippen MR) is 114 cm³/mol. The van der Waals surface area contributed by atoms with Crippen LogP contribution in [0.1, 0.15) is 50.5 Å². The van der Waals surface area contributed by atoms with E-state index in [1.807, 2.05) is 40.1 Å². The molecule has 1 heterocycles. The van der Waals surface area contributed by atoms with Crippen LogP contribution < -0.4 is 10.6 Å². The van der Waals surface area contributed by atoms with E-state index in [0.29, 0.717) is 45.6 Å². The summed E-state index contributed by atoms with van der Waals surface area (Å²) in [5.74, 6) is 0.455. The van der Waals surface area contributed by atoms with E-state index >= 15 is 0 Å². The van der Waals surface area contributed by atoms with E-state index in [4.69, 9.17) is 0 Å². The Morgan fingerprint density at radius 3 is 2.13 bits per heavy atom. The smallest absolute Gasteiger partial charge is 0.315 e. The summed E-state index contributed by atoms with van der Waals surface area (Å²) in [6.45, 7) is 2.71. The largest absolute Gasteiger partial charge is 0.339 e. The molecule has 3 fully saturated rings. The maximum atomic E-state index is 13.4. The van der Waals surface area contributed by atoms with E-state index < -0.39 is 5.54 Å². The Balaban J connectivity index is 1.32. The van der Waals surface area contributed by atoms with Gasteiger partial charge in [-0.1, -0.05) is 49.6 Å². The van der Waals surface area contributed by atoms with Gasteiger partial charge in [-0.15, -0.1) is 0 Å². The van der Waals surface area contributed by atoms with Gasteiger partial charge in [0, 0.05) is 38.6 Å². The van der Waals surface area contributed by atoms with Gasteiger partial charge in [-0.3, -0.25) is 9.59 Å². The highest BCUT2D eigenvalue weighted by Crippen LogP contribution is 2.32. The van der Waals surface area contributed by atoms with Gasteiger partial charge in [0.05, 0.1) is 0 Å². The third kappa shape index (κ3) is 4.45. The van der Waals surface area contributed by atoms with Crippen LogP contribution in [0.2, 0.25) is 0 Å². The average molecular weight is 413 g/mol. The topological polar surface area (TPSA) is 81.8 Å². The maximum absolute atomic E-state index is 13.4. The van der Waals surface area contributed by atoms with Crippen LogP contribution in [0.25, 0.3) is 0 Å². The van der Waals surface area contributed by atoms with Crippen molar-refractivity contribution in [1.82, 2.24) is 20.4 Å². The molecule has 7 heteroatoms. The zero-order valence-corrected chi connectivity index (χ0v) is 17.6. The molecule has 4 amide bonds. The first-order valence-corrected chi connectivity index (χ1v) is 11.3. The molecule has 7 nitrogen and oxygen atoms in total. The molecule has 1 aromatic rings. The summed E-state index contributed by atoms with van der Waals surface area (Å²) in [4.78, 5) is 42.2. The number of piperazine rings is 1. The Labute approximate surface area is 178 Å². The molecule has 162 valence electrons. The van der Waals surface area contributed by atoms with Crippen LogP contribution >= 0.6 is 0 Å². The number of carbonyl (C=O) groups is 3. The highest BCUT2D eigenvalue weighted by atomic mass is 16.2. The average Bonchev–Trinajstić information content (AvgIpc) is 3.21. The number of hydrogen-bond acceptors (Lipinski definition) is 3. The fourth-order valence-electron chi connectivity index (χ4n) is 4.76. The molecule has 0 aromatic heterocycles. The van der Waals surface area contributed by atoms with Crippen LogP contribution in [-0.2, 0) is 16.1 Å². The van der Waals surface area contributed by atoms with Gasteiger partial charge >= 0.3 is 6.03 Å². The van der Waals surface area contributed by atoms with Crippen LogP contribution in [-0.4, -0.2) is 59.4 Å². The quantitative estimate of drug-likeness (QED) is 0.778. The van der Waals surface area contributed by atoms with Gasteiger partial charge in [-0.2, -0.15) is 0 Å². The van der Waals surface area contributed by atoms with Crippen LogP contribution in [0.4, 0.5) is 4.79 Å². The number of rotatable bonds is 5. The van der Waals surface area contributed by atoms with E-state index in [2.05, 4.69) is 10.6 Å². The molecule has 0 radical (unpaired) electrons. The monoisotopic (exact) mass is 412 g/mol. The van der Waals surface area contributed by atoms with Gasteiger partial charge < -0.3 is 20.4 Å².